The maximum Gasteiger partial charge on any atom is 0.225 e. The Morgan fingerprint density at radius 1 is 0.490 bits per heavy atom. The fourth-order valence-electron chi connectivity index (χ4n) is 7.58. The molecule has 4 heterocycles. The van der Waals surface area contributed by atoms with Crippen molar-refractivity contribution in [3.05, 3.63) is 164 Å². The summed E-state index contributed by atoms with van der Waals surface area (Å²) in [6, 6.07) is 54.3. The Bertz CT molecular complexity index is 3130. The Hall–Kier alpha value is -7.05. The second-order valence-corrected chi connectivity index (χ2v) is 12.8. The Kier molecular flexibility index (Phi) is 5.86. The van der Waals surface area contributed by atoms with Crippen molar-refractivity contribution in [3.63, 3.8) is 0 Å². The minimum Gasteiger partial charge on any atom is -0.457 e. The monoisotopic (exact) mass is 657 g/mol. The van der Waals surface area contributed by atoms with Gasteiger partial charge in [0.15, 0.2) is 11.4 Å². The average Bonchev–Trinajstić information content (AvgIpc) is 3.94. The summed E-state index contributed by atoms with van der Waals surface area (Å²) in [5.74, 6) is 2.13. The van der Waals surface area contributed by atoms with E-state index in [0.717, 1.165) is 77.8 Å². The van der Waals surface area contributed by atoms with Gasteiger partial charge in [-0.05, 0) is 71.8 Å². The number of imidazole rings is 1. The molecule has 6 nitrogen and oxygen atoms in total. The lowest BCUT2D eigenvalue weighted by molar-refractivity contribution is 0.484. The van der Waals surface area contributed by atoms with Crippen molar-refractivity contribution in [1.82, 2.24) is 14.0 Å². The normalized spacial score (nSPS) is 11.9. The van der Waals surface area contributed by atoms with Gasteiger partial charge in [0, 0.05) is 33.3 Å². The molecule has 6 heteroatoms. The van der Waals surface area contributed by atoms with Gasteiger partial charge in [-0.3, -0.25) is 4.40 Å². The highest BCUT2D eigenvalue weighted by Gasteiger charge is 2.21. The molecule has 0 atom stereocenters. The summed E-state index contributed by atoms with van der Waals surface area (Å²) in [5.41, 5.74) is 10.4. The Labute approximate surface area is 291 Å². The number of nitrogens with zero attached hydrogens (tertiary/aromatic N) is 3. The second kappa shape index (κ2) is 10.7. The molecule has 0 N–H and O–H groups in total. The fraction of sp³-hybridized carbons (Fsp3) is 0. The van der Waals surface area contributed by atoms with Crippen LogP contribution in [0.15, 0.2) is 173 Å². The standard InChI is InChI=1S/C45H27N3O3/c1-2-11-28(12-3-1)29-13-10-14-30(23-29)47-38-17-6-4-15-33(38)34-22-21-31(26-40(34)47)49-32-24-36-35-16-5-8-19-41(35)51-44(36)37(25-32)45-46-27-43-48(45)39-18-7-9-20-42(39)50-43/h1-27H. The first kappa shape index (κ1) is 27.9. The lowest BCUT2D eigenvalue weighted by Gasteiger charge is -2.12. The van der Waals surface area contributed by atoms with Gasteiger partial charge in [0.1, 0.15) is 22.7 Å². The number of hydrogen-bond acceptors (Lipinski definition) is 4. The van der Waals surface area contributed by atoms with Crippen molar-refractivity contribution < 1.29 is 13.6 Å². The third-order valence-corrected chi connectivity index (χ3v) is 9.84. The molecule has 0 saturated carbocycles. The predicted octanol–water partition coefficient (Wildman–Crippen LogP) is 12.2. The van der Waals surface area contributed by atoms with Crippen LogP contribution in [0.5, 0.6) is 11.5 Å². The summed E-state index contributed by atoms with van der Waals surface area (Å²) in [4.78, 5) is 4.83. The van der Waals surface area contributed by atoms with Gasteiger partial charge in [-0.2, -0.15) is 0 Å². The van der Waals surface area contributed by atoms with Crippen LogP contribution in [0.1, 0.15) is 0 Å². The van der Waals surface area contributed by atoms with Gasteiger partial charge in [0.05, 0.1) is 28.3 Å². The number of benzene rings is 7. The van der Waals surface area contributed by atoms with Gasteiger partial charge in [-0.15, -0.1) is 0 Å². The molecule has 0 aliphatic heterocycles. The van der Waals surface area contributed by atoms with Crippen LogP contribution in [-0.2, 0) is 0 Å². The van der Waals surface area contributed by atoms with E-state index in [1.807, 2.05) is 65.1 Å². The van der Waals surface area contributed by atoms with E-state index in [-0.39, 0.29) is 0 Å². The Morgan fingerprint density at radius 3 is 2.14 bits per heavy atom. The van der Waals surface area contributed by atoms with Crippen molar-refractivity contribution in [2.24, 2.45) is 0 Å². The van der Waals surface area contributed by atoms with Crippen molar-refractivity contribution in [2.75, 3.05) is 0 Å². The Balaban J connectivity index is 1.10. The summed E-state index contributed by atoms with van der Waals surface area (Å²) in [5, 5.41) is 4.31. The molecule has 0 spiro atoms. The molecule has 0 unspecified atom stereocenters. The SMILES string of the molecule is c1ccc(-c2cccc(-n3c4ccccc4c4ccc(Oc5cc(-c6ncc7oc8ccccc8n67)c6oc7ccccc7c6c5)cc43)c2)cc1. The first-order valence-corrected chi connectivity index (χ1v) is 16.9. The Morgan fingerprint density at radius 2 is 1.24 bits per heavy atom. The van der Waals surface area contributed by atoms with E-state index >= 15 is 0 Å². The topological polar surface area (TPSA) is 57.7 Å². The summed E-state index contributed by atoms with van der Waals surface area (Å²) in [6.07, 6.45) is 1.76. The van der Waals surface area contributed by atoms with E-state index in [0.29, 0.717) is 11.5 Å². The number of ether oxygens (including phenoxy) is 1. The van der Waals surface area contributed by atoms with Crippen LogP contribution in [0.4, 0.5) is 0 Å². The smallest absolute Gasteiger partial charge is 0.225 e. The molecule has 0 aliphatic carbocycles. The molecular formula is C45H27N3O3. The average molecular weight is 658 g/mol. The molecule has 7 aromatic carbocycles. The maximum absolute atomic E-state index is 6.80. The summed E-state index contributed by atoms with van der Waals surface area (Å²) >= 11 is 0. The molecular weight excluding hydrogens is 631 g/mol. The number of aromatic nitrogens is 3. The number of fused-ring (bicyclic) bond motifs is 9. The lowest BCUT2D eigenvalue weighted by atomic mass is 10.1. The summed E-state index contributed by atoms with van der Waals surface area (Å²) in [6.45, 7) is 0. The second-order valence-electron chi connectivity index (χ2n) is 12.8. The van der Waals surface area contributed by atoms with Gasteiger partial charge in [-0.25, -0.2) is 4.98 Å². The quantitative estimate of drug-likeness (QED) is 0.185. The van der Waals surface area contributed by atoms with Gasteiger partial charge >= 0.3 is 0 Å². The molecule has 11 rings (SSSR count). The zero-order valence-corrected chi connectivity index (χ0v) is 27.2. The van der Waals surface area contributed by atoms with Crippen molar-refractivity contribution in [3.8, 4) is 39.7 Å². The van der Waals surface area contributed by atoms with E-state index in [1.54, 1.807) is 6.20 Å². The zero-order chi connectivity index (χ0) is 33.5. The summed E-state index contributed by atoms with van der Waals surface area (Å²) < 4.78 is 23.8. The highest BCUT2D eigenvalue weighted by Crippen LogP contribution is 2.42. The number of furan rings is 1. The van der Waals surface area contributed by atoms with E-state index in [2.05, 4.69) is 102 Å². The van der Waals surface area contributed by atoms with Gasteiger partial charge in [0.2, 0.25) is 5.71 Å². The highest BCUT2D eigenvalue weighted by atomic mass is 16.5. The van der Waals surface area contributed by atoms with E-state index in [9.17, 15) is 0 Å². The van der Waals surface area contributed by atoms with E-state index < -0.39 is 0 Å². The van der Waals surface area contributed by atoms with E-state index in [4.69, 9.17) is 18.6 Å². The van der Waals surface area contributed by atoms with Gasteiger partial charge in [-0.1, -0.05) is 91.0 Å². The van der Waals surface area contributed by atoms with Crippen LogP contribution in [0, 0.1) is 0 Å². The maximum atomic E-state index is 6.80. The largest absolute Gasteiger partial charge is 0.457 e. The first-order chi connectivity index (χ1) is 25.3. The lowest BCUT2D eigenvalue weighted by Crippen LogP contribution is -1.95. The number of oxazole rings is 1. The molecule has 0 amide bonds. The zero-order valence-electron chi connectivity index (χ0n) is 27.2. The van der Waals surface area contributed by atoms with Crippen molar-refractivity contribution >= 4 is 60.6 Å². The van der Waals surface area contributed by atoms with Crippen LogP contribution >= 0.6 is 0 Å². The van der Waals surface area contributed by atoms with Gasteiger partial charge in [0.25, 0.3) is 0 Å². The van der Waals surface area contributed by atoms with E-state index in [1.165, 1.54) is 10.9 Å². The molecule has 0 aliphatic rings. The van der Waals surface area contributed by atoms with Crippen LogP contribution in [-0.4, -0.2) is 14.0 Å². The predicted molar refractivity (Wildman–Crippen MR) is 204 cm³/mol. The minimum atomic E-state index is 0.663. The number of para-hydroxylation sites is 4. The van der Waals surface area contributed by atoms with Crippen LogP contribution in [0.2, 0.25) is 0 Å². The molecule has 51 heavy (non-hydrogen) atoms. The number of rotatable bonds is 5. The third kappa shape index (κ3) is 4.26. The van der Waals surface area contributed by atoms with Gasteiger partial charge < -0.3 is 18.1 Å². The molecule has 4 aromatic heterocycles. The summed E-state index contributed by atoms with van der Waals surface area (Å²) in [7, 11) is 0. The fourth-order valence-corrected chi connectivity index (χ4v) is 7.58. The molecule has 11 aromatic rings. The van der Waals surface area contributed by atoms with Crippen molar-refractivity contribution in [2.45, 2.75) is 0 Å². The van der Waals surface area contributed by atoms with Crippen LogP contribution in [0.3, 0.4) is 0 Å². The molecule has 240 valence electrons. The molecule has 0 radical (unpaired) electrons. The molecule has 0 fully saturated rings. The van der Waals surface area contributed by atoms with Crippen molar-refractivity contribution in [1.29, 1.82) is 0 Å². The first-order valence-electron chi connectivity index (χ1n) is 16.9. The molecule has 0 bridgehead atoms. The van der Waals surface area contributed by atoms with Crippen LogP contribution in [0.25, 0.3) is 88.8 Å². The minimum absolute atomic E-state index is 0.663. The molecule has 0 saturated heterocycles. The number of hydrogen-bond donors (Lipinski definition) is 0. The third-order valence-electron chi connectivity index (χ3n) is 9.84. The highest BCUT2D eigenvalue weighted by molar-refractivity contribution is 6.11. The van der Waals surface area contributed by atoms with Crippen LogP contribution < -0.4 is 4.74 Å².